The normalized spacial score (nSPS) is 11.8. The van der Waals surface area contributed by atoms with Crippen LogP contribution in [0.3, 0.4) is 0 Å². The summed E-state index contributed by atoms with van der Waals surface area (Å²) < 4.78 is 22.9. The van der Waals surface area contributed by atoms with Crippen molar-refractivity contribution in [1.29, 1.82) is 0 Å². The zero-order valence-corrected chi connectivity index (χ0v) is 11.6. The van der Waals surface area contributed by atoms with Gasteiger partial charge in [-0.3, -0.25) is 4.21 Å². The third-order valence-electron chi connectivity index (χ3n) is 1.93. The Labute approximate surface area is 117 Å². The van der Waals surface area contributed by atoms with Crippen molar-refractivity contribution < 1.29 is 38.3 Å². The van der Waals surface area contributed by atoms with Gasteiger partial charge in [-0.05, 0) is 28.8 Å². The van der Waals surface area contributed by atoms with E-state index < -0.39 is 11.1 Å². The van der Waals surface area contributed by atoms with E-state index in [1.54, 1.807) is 35.3 Å². The quantitative estimate of drug-likeness (QED) is 0.445. The van der Waals surface area contributed by atoms with Crippen molar-refractivity contribution in [3.63, 3.8) is 0 Å². The molecule has 0 aliphatic heterocycles. The Morgan fingerprint density at radius 2 is 2.00 bits per heavy atom. The van der Waals surface area contributed by atoms with Gasteiger partial charge in [0.15, 0.2) is 0 Å². The van der Waals surface area contributed by atoms with Crippen LogP contribution in [-0.2, 0) is 17.6 Å². The summed E-state index contributed by atoms with van der Waals surface area (Å²) in [5.74, 6) is 0. The van der Waals surface area contributed by atoms with Gasteiger partial charge in [0.25, 0.3) is 0 Å². The molecule has 1 aromatic heterocycles. The Morgan fingerprint density at radius 1 is 1.31 bits per heavy atom. The molecule has 1 aromatic carbocycles. The fourth-order valence-electron chi connectivity index (χ4n) is 1.21. The van der Waals surface area contributed by atoms with E-state index >= 15 is 0 Å². The number of hydrogen-bond acceptors (Lipinski definition) is 4. The maximum atomic E-state index is 10.6. The molecule has 0 radical (unpaired) electrons. The number of aromatic nitrogens is 3. The van der Waals surface area contributed by atoms with E-state index in [4.69, 9.17) is 0 Å². The van der Waals surface area contributed by atoms with Crippen LogP contribution in [0.5, 0.6) is 0 Å². The van der Waals surface area contributed by atoms with Crippen LogP contribution in [-0.4, -0.2) is 23.5 Å². The van der Waals surface area contributed by atoms with E-state index in [1.165, 1.54) is 6.33 Å². The predicted molar refractivity (Wildman–Crippen MR) is 52.8 cm³/mol. The van der Waals surface area contributed by atoms with Crippen molar-refractivity contribution in [2.75, 3.05) is 0 Å². The van der Waals surface area contributed by atoms with Gasteiger partial charge < -0.3 is 4.55 Å². The molecule has 0 amide bonds. The van der Waals surface area contributed by atoms with Crippen molar-refractivity contribution in [3.05, 3.63) is 42.5 Å². The molecule has 7 heteroatoms. The van der Waals surface area contributed by atoms with Crippen LogP contribution in [0.1, 0.15) is 5.56 Å². The molecule has 0 aliphatic rings. The van der Waals surface area contributed by atoms with E-state index in [1.807, 2.05) is 0 Å². The maximum Gasteiger partial charge on any atom is 1.00 e. The minimum absolute atomic E-state index is 0. The molecule has 0 saturated heterocycles. The summed E-state index contributed by atoms with van der Waals surface area (Å²) in [5.41, 5.74) is 0.981. The number of benzene rings is 1. The van der Waals surface area contributed by atoms with E-state index in [9.17, 15) is 8.76 Å². The molecule has 16 heavy (non-hydrogen) atoms. The second kappa shape index (κ2) is 6.27. The molecule has 0 spiro atoms. The Balaban J connectivity index is 0.00000128. The number of nitrogens with zero attached hydrogens (tertiary/aromatic N) is 3. The van der Waals surface area contributed by atoms with Crippen molar-refractivity contribution >= 4 is 11.1 Å². The molecule has 0 aliphatic carbocycles. The van der Waals surface area contributed by atoms with Crippen LogP contribution >= 0.6 is 0 Å². The van der Waals surface area contributed by atoms with Crippen molar-refractivity contribution in [3.8, 4) is 0 Å². The van der Waals surface area contributed by atoms with Gasteiger partial charge in [0.1, 0.15) is 12.7 Å². The molecule has 0 N–H and O–H groups in total. The molecule has 2 aromatic rings. The fourth-order valence-corrected chi connectivity index (χ4v) is 1.57. The summed E-state index contributed by atoms with van der Waals surface area (Å²) in [7, 11) is 0. The first-order valence-electron chi connectivity index (χ1n) is 4.26. The summed E-state index contributed by atoms with van der Waals surface area (Å²) in [6.07, 6.45) is 3.07. The summed E-state index contributed by atoms with van der Waals surface area (Å²) in [6, 6.07) is 6.64. The maximum absolute atomic E-state index is 10.6. The van der Waals surface area contributed by atoms with Crippen molar-refractivity contribution in [1.82, 2.24) is 14.8 Å². The molecule has 1 unspecified atom stereocenters. The molecule has 1 heterocycles. The summed E-state index contributed by atoms with van der Waals surface area (Å²) >= 11 is -2.16. The first-order valence-corrected chi connectivity index (χ1v) is 5.34. The Kier molecular flexibility index (Phi) is 5.30. The van der Waals surface area contributed by atoms with E-state index in [-0.39, 0.29) is 34.5 Å². The van der Waals surface area contributed by atoms with Crippen molar-refractivity contribution in [2.24, 2.45) is 0 Å². The first kappa shape index (κ1) is 13.5. The SMILES string of the molecule is O=S([O-])c1ccc(Cn2cncn2)cc1.[Na+]. The van der Waals surface area contributed by atoms with Gasteiger partial charge in [-0.25, -0.2) is 9.67 Å². The monoisotopic (exact) mass is 245 g/mol. The third-order valence-corrected chi connectivity index (χ3v) is 2.58. The topological polar surface area (TPSA) is 70.8 Å². The second-order valence-corrected chi connectivity index (χ2v) is 3.91. The minimum Gasteiger partial charge on any atom is -0.768 e. The molecule has 78 valence electrons. The summed E-state index contributed by atoms with van der Waals surface area (Å²) in [5, 5.41) is 3.95. The second-order valence-electron chi connectivity index (χ2n) is 2.97. The number of rotatable bonds is 3. The Bertz CT molecular complexity index is 458. The minimum atomic E-state index is -2.16. The molecular weight excluding hydrogens is 237 g/mol. The van der Waals surface area contributed by atoms with Gasteiger partial charge in [-0.2, -0.15) is 5.10 Å². The zero-order chi connectivity index (χ0) is 10.7. The Morgan fingerprint density at radius 3 is 2.50 bits per heavy atom. The molecular formula is C9H8N3NaO2S. The van der Waals surface area contributed by atoms with Gasteiger partial charge >= 0.3 is 29.6 Å². The van der Waals surface area contributed by atoms with Crippen LogP contribution < -0.4 is 29.6 Å². The van der Waals surface area contributed by atoms with Gasteiger partial charge in [0.05, 0.1) is 6.54 Å². The van der Waals surface area contributed by atoms with E-state index in [0.29, 0.717) is 6.54 Å². The summed E-state index contributed by atoms with van der Waals surface area (Å²) in [6.45, 7) is 0.589. The van der Waals surface area contributed by atoms with Gasteiger partial charge in [-0.1, -0.05) is 12.1 Å². The standard InChI is InChI=1S/C9H9N3O2S.Na/c13-15(14)9-3-1-8(2-4-9)5-12-7-10-6-11-12;/h1-4,6-7H,5H2,(H,13,14);/q;+1/p-1. The van der Waals surface area contributed by atoms with Crippen LogP contribution in [0, 0.1) is 0 Å². The first-order chi connectivity index (χ1) is 7.25. The average Bonchev–Trinajstić information content (AvgIpc) is 2.71. The number of hydrogen-bond donors (Lipinski definition) is 0. The van der Waals surface area contributed by atoms with Gasteiger partial charge in [0, 0.05) is 4.90 Å². The smallest absolute Gasteiger partial charge is 0.768 e. The van der Waals surface area contributed by atoms with E-state index in [0.717, 1.165) is 5.56 Å². The molecule has 5 nitrogen and oxygen atoms in total. The summed E-state index contributed by atoms with van der Waals surface area (Å²) in [4.78, 5) is 4.11. The van der Waals surface area contributed by atoms with Crippen LogP contribution in [0.4, 0.5) is 0 Å². The molecule has 2 rings (SSSR count). The third kappa shape index (κ3) is 3.50. The van der Waals surface area contributed by atoms with E-state index in [2.05, 4.69) is 10.1 Å². The van der Waals surface area contributed by atoms with Crippen LogP contribution in [0.2, 0.25) is 0 Å². The van der Waals surface area contributed by atoms with Crippen LogP contribution in [0.25, 0.3) is 0 Å². The predicted octanol–water partition coefficient (Wildman–Crippen LogP) is -2.43. The Hall–Kier alpha value is -0.530. The van der Waals surface area contributed by atoms with Gasteiger partial charge in [0.2, 0.25) is 0 Å². The zero-order valence-electron chi connectivity index (χ0n) is 8.74. The fraction of sp³-hybridized carbons (Fsp3) is 0.111. The molecule has 1 atom stereocenters. The average molecular weight is 245 g/mol. The molecule has 0 saturated carbocycles. The van der Waals surface area contributed by atoms with Crippen LogP contribution in [0.15, 0.2) is 41.8 Å². The molecule has 0 fully saturated rings. The largest absolute Gasteiger partial charge is 1.00 e. The van der Waals surface area contributed by atoms with Crippen molar-refractivity contribution in [2.45, 2.75) is 11.4 Å². The molecule has 0 bridgehead atoms. The van der Waals surface area contributed by atoms with Gasteiger partial charge in [-0.15, -0.1) is 0 Å².